The van der Waals surface area contributed by atoms with E-state index in [1.807, 2.05) is 30.3 Å². The summed E-state index contributed by atoms with van der Waals surface area (Å²) < 4.78 is 32.6. The van der Waals surface area contributed by atoms with E-state index in [0.717, 1.165) is 21.2 Å². The van der Waals surface area contributed by atoms with Gasteiger partial charge in [0.05, 0.1) is 30.2 Å². The van der Waals surface area contributed by atoms with Crippen molar-refractivity contribution >= 4 is 37.5 Å². The van der Waals surface area contributed by atoms with Crippen LogP contribution in [0.1, 0.15) is 11.1 Å². The van der Waals surface area contributed by atoms with Crippen molar-refractivity contribution in [2.24, 2.45) is 5.73 Å². The van der Waals surface area contributed by atoms with Gasteiger partial charge in [0.15, 0.2) is 0 Å². The number of benzene rings is 2. The number of carbonyl (C=O) groups excluding carboxylic acids is 1. The van der Waals surface area contributed by atoms with Crippen molar-refractivity contribution in [1.82, 2.24) is 9.29 Å². The number of aromatic nitrogens is 1. The SMILES string of the molecule is NC(=O)CN(CCc1ccc(O)c2[nH]c(=O)sc12)S(=O)(=O)CCOCCc1ccccc1. The van der Waals surface area contributed by atoms with Crippen molar-refractivity contribution < 1.29 is 23.1 Å². The van der Waals surface area contributed by atoms with Gasteiger partial charge in [-0.1, -0.05) is 47.7 Å². The highest BCUT2D eigenvalue weighted by atomic mass is 32.2. The van der Waals surface area contributed by atoms with Gasteiger partial charge in [0.1, 0.15) is 11.3 Å². The van der Waals surface area contributed by atoms with Crippen LogP contribution in [0.15, 0.2) is 47.3 Å². The number of rotatable bonds is 12. The Balaban J connectivity index is 1.60. The van der Waals surface area contributed by atoms with Gasteiger partial charge in [-0.2, -0.15) is 4.31 Å². The number of sulfonamides is 1. The van der Waals surface area contributed by atoms with Crippen LogP contribution in [0.25, 0.3) is 10.2 Å². The molecule has 0 fully saturated rings. The summed E-state index contributed by atoms with van der Waals surface area (Å²) in [5, 5.41) is 9.90. The maximum Gasteiger partial charge on any atom is 0.305 e. The molecule has 2 aromatic carbocycles. The first kappa shape index (κ1) is 23.9. The second-order valence-electron chi connectivity index (χ2n) is 7.18. The lowest BCUT2D eigenvalue weighted by Crippen LogP contribution is -2.41. The van der Waals surface area contributed by atoms with Gasteiger partial charge in [0.2, 0.25) is 15.9 Å². The molecule has 1 aromatic heterocycles. The summed E-state index contributed by atoms with van der Waals surface area (Å²) >= 11 is 0.933. The average Bonchev–Trinajstić information content (AvgIpc) is 3.15. The van der Waals surface area contributed by atoms with E-state index in [1.165, 1.54) is 6.07 Å². The Morgan fingerprint density at radius 2 is 1.88 bits per heavy atom. The summed E-state index contributed by atoms with van der Waals surface area (Å²) in [6, 6.07) is 12.8. The Labute approximate surface area is 189 Å². The number of nitrogens with one attached hydrogen (secondary N) is 1. The monoisotopic (exact) mass is 479 g/mol. The van der Waals surface area contributed by atoms with Crippen molar-refractivity contribution in [3.63, 3.8) is 0 Å². The molecule has 1 heterocycles. The van der Waals surface area contributed by atoms with Gasteiger partial charge < -0.3 is 20.6 Å². The van der Waals surface area contributed by atoms with Crippen LogP contribution in [0.4, 0.5) is 0 Å². The molecule has 32 heavy (non-hydrogen) atoms. The predicted octanol–water partition coefficient (Wildman–Crippen LogP) is 1.21. The maximum absolute atomic E-state index is 12.8. The molecule has 0 aliphatic heterocycles. The molecule has 0 spiro atoms. The highest BCUT2D eigenvalue weighted by molar-refractivity contribution is 7.89. The molecule has 0 aliphatic carbocycles. The van der Waals surface area contributed by atoms with Gasteiger partial charge in [0.25, 0.3) is 0 Å². The zero-order valence-electron chi connectivity index (χ0n) is 17.3. The smallest absolute Gasteiger partial charge is 0.305 e. The number of hydrogen-bond donors (Lipinski definition) is 3. The van der Waals surface area contributed by atoms with E-state index in [2.05, 4.69) is 4.98 Å². The highest BCUT2D eigenvalue weighted by Gasteiger charge is 2.24. The average molecular weight is 480 g/mol. The largest absolute Gasteiger partial charge is 0.506 e. The number of primary amides is 1. The summed E-state index contributed by atoms with van der Waals surface area (Å²) in [4.78, 5) is 25.4. The van der Waals surface area contributed by atoms with Crippen molar-refractivity contribution in [2.75, 3.05) is 32.1 Å². The first-order chi connectivity index (χ1) is 15.3. The number of thiazole rings is 1. The predicted molar refractivity (Wildman–Crippen MR) is 123 cm³/mol. The number of ether oxygens (including phenoxy) is 1. The Hall–Kier alpha value is -2.73. The first-order valence-electron chi connectivity index (χ1n) is 9.98. The van der Waals surface area contributed by atoms with Gasteiger partial charge >= 0.3 is 4.87 Å². The standard InChI is InChI=1S/C21H25N3O6S2/c22-18(26)14-24(10-8-16-6-7-17(25)19-20(16)31-21(27)23-19)32(28,29)13-12-30-11-9-15-4-2-1-3-5-15/h1-7,25H,8-14H2,(H2,22,26)(H,23,27). The van der Waals surface area contributed by atoms with Crippen molar-refractivity contribution in [2.45, 2.75) is 12.8 Å². The van der Waals surface area contributed by atoms with Crippen LogP contribution in [-0.2, 0) is 32.4 Å². The summed E-state index contributed by atoms with van der Waals surface area (Å²) in [6.45, 7) is -0.0707. The highest BCUT2D eigenvalue weighted by Crippen LogP contribution is 2.28. The molecule has 0 aliphatic rings. The van der Waals surface area contributed by atoms with Gasteiger partial charge in [-0.05, 0) is 30.0 Å². The summed E-state index contributed by atoms with van der Waals surface area (Å²) in [7, 11) is -3.80. The lowest BCUT2D eigenvalue weighted by atomic mass is 10.1. The number of aromatic amines is 1. The molecule has 3 rings (SSSR count). The molecule has 11 heteroatoms. The summed E-state index contributed by atoms with van der Waals surface area (Å²) in [5.41, 5.74) is 7.35. The minimum absolute atomic E-state index is 0.00124. The molecular formula is C21H25N3O6S2. The van der Waals surface area contributed by atoms with Gasteiger partial charge in [0, 0.05) is 6.54 Å². The third-order valence-electron chi connectivity index (χ3n) is 4.86. The minimum atomic E-state index is -3.80. The molecule has 9 nitrogen and oxygen atoms in total. The van der Waals surface area contributed by atoms with E-state index in [4.69, 9.17) is 10.5 Å². The zero-order valence-corrected chi connectivity index (χ0v) is 19.0. The number of phenols is 1. The Morgan fingerprint density at radius 1 is 1.12 bits per heavy atom. The fourth-order valence-corrected chi connectivity index (χ4v) is 5.41. The molecule has 0 unspecified atom stereocenters. The maximum atomic E-state index is 12.8. The molecule has 0 atom stereocenters. The van der Waals surface area contributed by atoms with Gasteiger partial charge in [-0.15, -0.1) is 0 Å². The molecule has 0 saturated heterocycles. The number of nitrogens with two attached hydrogens (primary N) is 1. The van der Waals surface area contributed by atoms with E-state index >= 15 is 0 Å². The van der Waals surface area contributed by atoms with Crippen LogP contribution in [0.5, 0.6) is 5.75 Å². The number of fused-ring (bicyclic) bond motifs is 1. The van der Waals surface area contributed by atoms with Crippen molar-refractivity contribution in [3.8, 4) is 5.75 Å². The van der Waals surface area contributed by atoms with Crippen LogP contribution >= 0.6 is 11.3 Å². The number of nitrogens with zero attached hydrogens (tertiary/aromatic N) is 1. The topological polar surface area (TPSA) is 143 Å². The molecule has 0 saturated carbocycles. The summed E-state index contributed by atoms with van der Waals surface area (Å²) in [5.74, 6) is -1.10. The number of H-pyrrole nitrogens is 1. The van der Waals surface area contributed by atoms with Crippen LogP contribution in [-0.4, -0.2) is 60.8 Å². The second-order valence-corrected chi connectivity index (χ2v) is 10.2. The quantitative estimate of drug-likeness (QED) is 0.333. The minimum Gasteiger partial charge on any atom is -0.506 e. The van der Waals surface area contributed by atoms with Crippen LogP contribution in [0.3, 0.4) is 0 Å². The lowest BCUT2D eigenvalue weighted by Gasteiger charge is -2.21. The molecule has 4 N–H and O–H groups in total. The van der Waals surface area contributed by atoms with E-state index in [9.17, 15) is 23.1 Å². The first-order valence-corrected chi connectivity index (χ1v) is 12.4. The van der Waals surface area contributed by atoms with Crippen molar-refractivity contribution in [1.29, 1.82) is 0 Å². The third kappa shape index (κ3) is 6.39. The Bertz CT molecular complexity index is 1220. The number of amides is 1. The second kappa shape index (κ2) is 10.7. The number of aromatic hydroxyl groups is 1. The number of hydrogen-bond acceptors (Lipinski definition) is 7. The Kier molecular flexibility index (Phi) is 8.02. The molecule has 172 valence electrons. The Morgan fingerprint density at radius 3 is 2.59 bits per heavy atom. The van der Waals surface area contributed by atoms with E-state index in [-0.39, 0.29) is 35.9 Å². The molecule has 1 amide bonds. The fraction of sp³-hybridized carbons (Fsp3) is 0.333. The van der Waals surface area contributed by atoms with Crippen LogP contribution in [0, 0.1) is 0 Å². The van der Waals surface area contributed by atoms with Gasteiger partial charge in [-0.3, -0.25) is 9.59 Å². The van der Waals surface area contributed by atoms with E-state index in [1.54, 1.807) is 6.07 Å². The molecular weight excluding hydrogens is 454 g/mol. The normalized spacial score (nSPS) is 11.9. The third-order valence-corrected chi connectivity index (χ3v) is 7.60. The van der Waals surface area contributed by atoms with E-state index in [0.29, 0.717) is 28.8 Å². The lowest BCUT2D eigenvalue weighted by molar-refractivity contribution is -0.118. The number of phenolic OH excluding ortho intramolecular Hbond substituents is 1. The zero-order chi connectivity index (χ0) is 23.1. The molecule has 0 radical (unpaired) electrons. The summed E-state index contributed by atoms with van der Waals surface area (Å²) in [6.07, 6.45) is 0.911. The van der Waals surface area contributed by atoms with E-state index < -0.39 is 22.5 Å². The van der Waals surface area contributed by atoms with Crippen molar-refractivity contribution in [3.05, 3.63) is 63.3 Å². The van der Waals surface area contributed by atoms with Crippen LogP contribution < -0.4 is 10.6 Å². The van der Waals surface area contributed by atoms with Crippen LogP contribution in [0.2, 0.25) is 0 Å². The molecule has 3 aromatic rings. The van der Waals surface area contributed by atoms with Gasteiger partial charge in [-0.25, -0.2) is 8.42 Å². The fourth-order valence-electron chi connectivity index (χ4n) is 3.24. The number of carbonyl (C=O) groups is 1. The molecule has 0 bridgehead atoms.